The molecule has 0 radical (unpaired) electrons. The Morgan fingerprint density at radius 1 is 1.17 bits per heavy atom. The number of benzene rings is 1. The Labute approximate surface area is 112 Å². The van der Waals surface area contributed by atoms with Crippen molar-refractivity contribution < 1.29 is 0 Å². The average molecular weight is 256 g/mol. The number of rotatable bonds is 2. The van der Waals surface area contributed by atoms with E-state index in [1.54, 1.807) is 11.3 Å². The van der Waals surface area contributed by atoms with E-state index < -0.39 is 0 Å². The lowest BCUT2D eigenvalue weighted by atomic mass is 9.94. The van der Waals surface area contributed by atoms with Crippen molar-refractivity contribution in [1.82, 2.24) is 4.98 Å². The quantitative estimate of drug-likeness (QED) is 0.810. The van der Waals surface area contributed by atoms with Gasteiger partial charge in [-0.1, -0.05) is 6.07 Å². The summed E-state index contributed by atoms with van der Waals surface area (Å²) in [5, 5.41) is 11.7. The maximum Gasteiger partial charge on any atom is 0.124 e. The number of aryl methyl sites for hydroxylation is 2. The fourth-order valence-corrected chi connectivity index (χ4v) is 3.10. The van der Waals surface area contributed by atoms with Crippen molar-refractivity contribution in [3.8, 4) is 16.6 Å². The molecule has 0 atom stereocenters. The van der Waals surface area contributed by atoms with Crippen molar-refractivity contribution in [2.24, 2.45) is 0 Å². The largest absolute Gasteiger partial charge is 0.240 e. The van der Waals surface area contributed by atoms with Gasteiger partial charge in [0.1, 0.15) is 5.01 Å². The maximum atomic E-state index is 8.71. The molecule has 0 aliphatic heterocycles. The number of thiazole rings is 1. The summed E-state index contributed by atoms with van der Waals surface area (Å²) < 4.78 is 0. The van der Waals surface area contributed by atoms with Gasteiger partial charge in [-0.05, 0) is 49.9 Å². The van der Waals surface area contributed by atoms with Crippen LogP contribution in [0.1, 0.15) is 27.9 Å². The van der Waals surface area contributed by atoms with Crippen molar-refractivity contribution in [2.45, 2.75) is 34.1 Å². The molecule has 0 saturated heterocycles. The van der Waals surface area contributed by atoms with Crippen LogP contribution in [0.2, 0.25) is 0 Å². The molecule has 0 bridgehead atoms. The van der Waals surface area contributed by atoms with Gasteiger partial charge in [0, 0.05) is 10.9 Å². The molecule has 0 unspecified atom stereocenters. The predicted octanol–water partition coefficient (Wildman–Crippen LogP) is 4.11. The molecular weight excluding hydrogens is 240 g/mol. The van der Waals surface area contributed by atoms with Crippen LogP contribution in [0, 0.1) is 39.0 Å². The molecule has 2 rings (SSSR count). The van der Waals surface area contributed by atoms with Gasteiger partial charge < -0.3 is 0 Å². The zero-order valence-electron chi connectivity index (χ0n) is 11.2. The predicted molar refractivity (Wildman–Crippen MR) is 75.8 cm³/mol. The number of aromatic nitrogens is 1. The molecule has 92 valence electrons. The molecule has 0 spiro atoms. The van der Waals surface area contributed by atoms with Crippen molar-refractivity contribution >= 4 is 11.3 Å². The first-order chi connectivity index (χ1) is 8.54. The number of hydrogen-bond acceptors (Lipinski definition) is 3. The van der Waals surface area contributed by atoms with E-state index in [-0.39, 0.29) is 0 Å². The summed E-state index contributed by atoms with van der Waals surface area (Å²) >= 11 is 1.63. The van der Waals surface area contributed by atoms with Crippen LogP contribution >= 0.6 is 11.3 Å². The van der Waals surface area contributed by atoms with Crippen LogP contribution in [-0.2, 0) is 6.42 Å². The Kier molecular flexibility index (Phi) is 3.49. The summed E-state index contributed by atoms with van der Waals surface area (Å²) in [4.78, 5) is 4.57. The van der Waals surface area contributed by atoms with E-state index in [0.29, 0.717) is 6.42 Å². The minimum Gasteiger partial charge on any atom is -0.240 e. The molecule has 1 aromatic heterocycles. The molecule has 2 nitrogen and oxygen atoms in total. The summed E-state index contributed by atoms with van der Waals surface area (Å²) in [6.07, 6.45) is 0.388. The Bertz CT molecular complexity index is 606. The van der Waals surface area contributed by atoms with Crippen LogP contribution in [0.15, 0.2) is 11.4 Å². The minimum atomic E-state index is 0.388. The Morgan fingerprint density at radius 2 is 1.78 bits per heavy atom. The van der Waals surface area contributed by atoms with E-state index in [9.17, 15) is 0 Å². The molecule has 0 saturated carbocycles. The SMILES string of the molecule is Cc1cc(C)c(C)c(-c2nc(CC#N)cs2)c1C. The molecule has 0 fully saturated rings. The van der Waals surface area contributed by atoms with Crippen molar-refractivity contribution in [3.63, 3.8) is 0 Å². The molecule has 18 heavy (non-hydrogen) atoms. The van der Waals surface area contributed by atoms with Crippen LogP contribution in [0.25, 0.3) is 10.6 Å². The summed E-state index contributed by atoms with van der Waals surface area (Å²) in [5.41, 5.74) is 7.28. The highest BCUT2D eigenvalue weighted by Gasteiger charge is 2.13. The zero-order valence-corrected chi connectivity index (χ0v) is 12.0. The molecule has 2 aromatic rings. The highest BCUT2D eigenvalue weighted by atomic mass is 32.1. The topological polar surface area (TPSA) is 36.7 Å². The van der Waals surface area contributed by atoms with Gasteiger partial charge in [-0.25, -0.2) is 4.98 Å². The third kappa shape index (κ3) is 2.16. The van der Waals surface area contributed by atoms with Gasteiger partial charge in [-0.3, -0.25) is 0 Å². The smallest absolute Gasteiger partial charge is 0.124 e. The number of nitrogens with zero attached hydrogens (tertiary/aromatic N) is 2. The molecule has 1 heterocycles. The summed E-state index contributed by atoms with van der Waals surface area (Å²) in [7, 11) is 0. The number of nitriles is 1. The van der Waals surface area contributed by atoms with E-state index in [1.807, 2.05) is 5.38 Å². The van der Waals surface area contributed by atoms with E-state index in [2.05, 4.69) is 44.8 Å². The monoisotopic (exact) mass is 256 g/mol. The van der Waals surface area contributed by atoms with Gasteiger partial charge >= 0.3 is 0 Å². The van der Waals surface area contributed by atoms with Gasteiger partial charge in [-0.2, -0.15) is 5.26 Å². The van der Waals surface area contributed by atoms with E-state index >= 15 is 0 Å². The van der Waals surface area contributed by atoms with Gasteiger partial charge in [0.05, 0.1) is 18.2 Å². The van der Waals surface area contributed by atoms with E-state index in [1.165, 1.54) is 27.8 Å². The van der Waals surface area contributed by atoms with Crippen LogP contribution < -0.4 is 0 Å². The van der Waals surface area contributed by atoms with Crippen molar-refractivity contribution in [1.29, 1.82) is 5.26 Å². The second kappa shape index (κ2) is 4.91. The maximum absolute atomic E-state index is 8.71. The molecule has 0 N–H and O–H groups in total. The molecule has 1 aromatic carbocycles. The van der Waals surface area contributed by atoms with E-state index in [4.69, 9.17) is 5.26 Å². The van der Waals surface area contributed by atoms with Crippen LogP contribution in [-0.4, -0.2) is 4.98 Å². The normalized spacial score (nSPS) is 10.4. The third-order valence-electron chi connectivity index (χ3n) is 3.39. The Balaban J connectivity index is 2.59. The molecule has 0 aliphatic rings. The lowest BCUT2D eigenvalue weighted by Gasteiger charge is -2.13. The lowest BCUT2D eigenvalue weighted by molar-refractivity contribution is 1.15. The first-order valence-corrected chi connectivity index (χ1v) is 6.81. The first-order valence-electron chi connectivity index (χ1n) is 5.93. The molecular formula is C15H16N2S. The fraction of sp³-hybridized carbons (Fsp3) is 0.333. The van der Waals surface area contributed by atoms with Crippen molar-refractivity contribution in [3.05, 3.63) is 39.4 Å². The van der Waals surface area contributed by atoms with Gasteiger partial charge in [0.2, 0.25) is 0 Å². The van der Waals surface area contributed by atoms with Crippen LogP contribution in [0.3, 0.4) is 0 Å². The second-order valence-corrected chi connectivity index (χ2v) is 5.47. The highest BCUT2D eigenvalue weighted by molar-refractivity contribution is 7.13. The van der Waals surface area contributed by atoms with E-state index in [0.717, 1.165) is 10.7 Å². The summed E-state index contributed by atoms with van der Waals surface area (Å²) in [5.74, 6) is 0. The summed E-state index contributed by atoms with van der Waals surface area (Å²) in [6, 6.07) is 4.37. The van der Waals surface area contributed by atoms with Crippen LogP contribution in [0.5, 0.6) is 0 Å². The van der Waals surface area contributed by atoms with Gasteiger partial charge in [0.25, 0.3) is 0 Å². The van der Waals surface area contributed by atoms with Gasteiger partial charge in [-0.15, -0.1) is 11.3 Å². The first kappa shape index (κ1) is 12.8. The molecule has 0 amide bonds. The lowest BCUT2D eigenvalue weighted by Crippen LogP contribution is -1.95. The average Bonchev–Trinajstić information content (AvgIpc) is 2.76. The minimum absolute atomic E-state index is 0.388. The van der Waals surface area contributed by atoms with Gasteiger partial charge in [0.15, 0.2) is 0 Å². The Morgan fingerprint density at radius 3 is 2.33 bits per heavy atom. The summed E-state index contributed by atoms with van der Waals surface area (Å²) in [6.45, 7) is 8.55. The van der Waals surface area contributed by atoms with Crippen molar-refractivity contribution in [2.75, 3.05) is 0 Å². The second-order valence-electron chi connectivity index (χ2n) is 4.61. The molecule has 0 aliphatic carbocycles. The highest BCUT2D eigenvalue weighted by Crippen LogP contribution is 2.33. The number of hydrogen-bond donors (Lipinski definition) is 0. The fourth-order valence-electron chi connectivity index (χ4n) is 2.12. The Hall–Kier alpha value is -1.66. The third-order valence-corrected chi connectivity index (χ3v) is 4.30. The molecule has 3 heteroatoms. The standard InChI is InChI=1S/C15H16N2S/c1-9-7-10(2)12(4)14(11(9)3)15-17-13(5-6-16)8-18-15/h7-8H,5H2,1-4H3. The zero-order chi connectivity index (χ0) is 13.3. The van der Waals surface area contributed by atoms with Crippen LogP contribution in [0.4, 0.5) is 0 Å².